The fourth-order valence-corrected chi connectivity index (χ4v) is 2.22. The molecule has 1 N–H and O–H groups in total. The van der Waals surface area contributed by atoms with E-state index in [1.54, 1.807) is 0 Å². The summed E-state index contributed by atoms with van der Waals surface area (Å²) in [5.74, 6) is 0. The molecule has 2 rings (SSSR count). The van der Waals surface area contributed by atoms with Crippen LogP contribution in [-0.4, -0.2) is 23.6 Å². The SMILES string of the molecule is C1CC1SC1CNC1. The summed E-state index contributed by atoms with van der Waals surface area (Å²) in [6.07, 6.45) is 2.97. The van der Waals surface area contributed by atoms with E-state index in [4.69, 9.17) is 0 Å². The van der Waals surface area contributed by atoms with Gasteiger partial charge in [-0.3, -0.25) is 0 Å². The fraction of sp³-hybridized carbons (Fsp3) is 1.00. The first-order valence-electron chi connectivity index (χ1n) is 3.31. The van der Waals surface area contributed by atoms with Gasteiger partial charge in [-0.1, -0.05) is 0 Å². The molecule has 1 heterocycles. The lowest BCUT2D eigenvalue weighted by Gasteiger charge is -2.26. The maximum Gasteiger partial charge on any atom is 0.0300 e. The normalized spacial score (nSPS) is 30.0. The van der Waals surface area contributed by atoms with E-state index < -0.39 is 0 Å². The highest BCUT2D eigenvalue weighted by molar-refractivity contribution is 8.00. The molecule has 1 saturated carbocycles. The van der Waals surface area contributed by atoms with Gasteiger partial charge < -0.3 is 5.32 Å². The molecule has 0 spiro atoms. The van der Waals surface area contributed by atoms with Crippen molar-refractivity contribution in [1.29, 1.82) is 0 Å². The van der Waals surface area contributed by atoms with Gasteiger partial charge in [-0.15, -0.1) is 0 Å². The first-order chi connectivity index (χ1) is 3.95. The van der Waals surface area contributed by atoms with Gasteiger partial charge in [0, 0.05) is 23.6 Å². The average molecular weight is 129 g/mol. The fourth-order valence-electron chi connectivity index (χ4n) is 0.835. The molecular weight excluding hydrogens is 118 g/mol. The van der Waals surface area contributed by atoms with Gasteiger partial charge in [0.1, 0.15) is 0 Å². The molecular formula is C6H11NS. The molecule has 0 aromatic heterocycles. The highest BCUT2D eigenvalue weighted by atomic mass is 32.2. The molecule has 0 aromatic rings. The Kier molecular flexibility index (Phi) is 1.23. The molecule has 2 fully saturated rings. The second kappa shape index (κ2) is 1.92. The molecule has 1 saturated heterocycles. The lowest BCUT2D eigenvalue weighted by molar-refractivity contribution is 0.543. The number of thioether (sulfide) groups is 1. The first-order valence-corrected chi connectivity index (χ1v) is 4.25. The van der Waals surface area contributed by atoms with Crippen molar-refractivity contribution in [3.05, 3.63) is 0 Å². The van der Waals surface area contributed by atoms with E-state index in [0.29, 0.717) is 0 Å². The Bertz CT molecular complexity index is 86.5. The van der Waals surface area contributed by atoms with Crippen molar-refractivity contribution in [3.8, 4) is 0 Å². The van der Waals surface area contributed by atoms with Crippen LogP contribution in [0.2, 0.25) is 0 Å². The van der Waals surface area contributed by atoms with E-state index >= 15 is 0 Å². The summed E-state index contributed by atoms with van der Waals surface area (Å²) in [4.78, 5) is 0. The number of hydrogen-bond donors (Lipinski definition) is 1. The van der Waals surface area contributed by atoms with E-state index in [9.17, 15) is 0 Å². The van der Waals surface area contributed by atoms with Crippen LogP contribution in [0.15, 0.2) is 0 Å². The van der Waals surface area contributed by atoms with Crippen LogP contribution in [0, 0.1) is 0 Å². The molecule has 0 bridgehead atoms. The summed E-state index contributed by atoms with van der Waals surface area (Å²) >= 11 is 2.19. The highest BCUT2D eigenvalue weighted by Crippen LogP contribution is 2.37. The molecule has 1 aliphatic heterocycles. The van der Waals surface area contributed by atoms with Gasteiger partial charge in [0.15, 0.2) is 0 Å². The first kappa shape index (κ1) is 5.12. The van der Waals surface area contributed by atoms with E-state index in [1.165, 1.54) is 25.9 Å². The second-order valence-electron chi connectivity index (χ2n) is 2.62. The van der Waals surface area contributed by atoms with Crippen LogP contribution in [0.1, 0.15) is 12.8 Å². The lowest BCUT2D eigenvalue weighted by atomic mass is 10.3. The molecule has 0 radical (unpaired) electrons. The maximum atomic E-state index is 3.27. The predicted molar refractivity (Wildman–Crippen MR) is 37.3 cm³/mol. The third kappa shape index (κ3) is 1.00. The molecule has 0 amide bonds. The van der Waals surface area contributed by atoms with E-state index in [1.807, 2.05) is 0 Å². The molecule has 2 aliphatic rings. The summed E-state index contributed by atoms with van der Waals surface area (Å²) in [6, 6.07) is 0. The molecule has 0 unspecified atom stereocenters. The molecule has 1 nitrogen and oxygen atoms in total. The van der Waals surface area contributed by atoms with Crippen molar-refractivity contribution in [3.63, 3.8) is 0 Å². The minimum atomic E-state index is 0.975. The zero-order chi connectivity index (χ0) is 5.40. The number of hydrogen-bond acceptors (Lipinski definition) is 2. The van der Waals surface area contributed by atoms with Gasteiger partial charge in [0.2, 0.25) is 0 Å². The topological polar surface area (TPSA) is 12.0 Å². The van der Waals surface area contributed by atoms with Crippen LogP contribution in [-0.2, 0) is 0 Å². The van der Waals surface area contributed by atoms with Crippen molar-refractivity contribution in [1.82, 2.24) is 5.32 Å². The third-order valence-electron chi connectivity index (χ3n) is 1.65. The smallest absolute Gasteiger partial charge is 0.0300 e. The van der Waals surface area contributed by atoms with Crippen LogP contribution >= 0.6 is 11.8 Å². The zero-order valence-electron chi connectivity index (χ0n) is 4.89. The van der Waals surface area contributed by atoms with Crippen molar-refractivity contribution < 1.29 is 0 Å². The van der Waals surface area contributed by atoms with Gasteiger partial charge in [0.05, 0.1) is 0 Å². The Hall–Kier alpha value is 0.310. The van der Waals surface area contributed by atoms with Crippen LogP contribution in [0.25, 0.3) is 0 Å². The lowest BCUT2D eigenvalue weighted by Crippen LogP contribution is -2.44. The molecule has 46 valence electrons. The summed E-state index contributed by atoms with van der Waals surface area (Å²) in [5, 5.41) is 5.31. The van der Waals surface area contributed by atoms with Crippen molar-refractivity contribution in [2.75, 3.05) is 13.1 Å². The summed E-state index contributed by atoms with van der Waals surface area (Å²) in [7, 11) is 0. The molecule has 0 aromatic carbocycles. The Morgan fingerprint density at radius 1 is 1.12 bits per heavy atom. The van der Waals surface area contributed by atoms with Crippen LogP contribution in [0.5, 0.6) is 0 Å². The van der Waals surface area contributed by atoms with Gasteiger partial charge in [-0.05, 0) is 12.8 Å². The monoisotopic (exact) mass is 129 g/mol. The summed E-state index contributed by atoms with van der Waals surface area (Å²) < 4.78 is 0. The van der Waals surface area contributed by atoms with Crippen molar-refractivity contribution in [2.45, 2.75) is 23.3 Å². The Balaban J connectivity index is 1.66. The highest BCUT2D eigenvalue weighted by Gasteiger charge is 2.28. The van der Waals surface area contributed by atoms with E-state index in [2.05, 4.69) is 17.1 Å². The van der Waals surface area contributed by atoms with Crippen molar-refractivity contribution >= 4 is 11.8 Å². The van der Waals surface area contributed by atoms with E-state index in [-0.39, 0.29) is 0 Å². The number of nitrogens with one attached hydrogen (secondary N) is 1. The van der Waals surface area contributed by atoms with Gasteiger partial charge in [-0.2, -0.15) is 11.8 Å². The largest absolute Gasteiger partial charge is 0.314 e. The number of rotatable bonds is 2. The predicted octanol–water partition coefficient (Wildman–Crippen LogP) is 0.854. The minimum Gasteiger partial charge on any atom is -0.314 e. The maximum absolute atomic E-state index is 3.27. The Morgan fingerprint density at radius 2 is 1.88 bits per heavy atom. The van der Waals surface area contributed by atoms with Crippen molar-refractivity contribution in [2.24, 2.45) is 0 Å². The average Bonchev–Trinajstić information content (AvgIpc) is 2.36. The summed E-state index contributed by atoms with van der Waals surface area (Å²) in [5.41, 5.74) is 0. The van der Waals surface area contributed by atoms with Crippen LogP contribution in [0.4, 0.5) is 0 Å². The molecule has 0 atom stereocenters. The van der Waals surface area contributed by atoms with Crippen LogP contribution < -0.4 is 5.32 Å². The van der Waals surface area contributed by atoms with Gasteiger partial charge >= 0.3 is 0 Å². The van der Waals surface area contributed by atoms with Gasteiger partial charge in [-0.25, -0.2) is 0 Å². The quantitative estimate of drug-likeness (QED) is 0.593. The van der Waals surface area contributed by atoms with E-state index in [0.717, 1.165) is 10.5 Å². The Morgan fingerprint density at radius 3 is 2.25 bits per heavy atom. The molecule has 2 heteroatoms. The minimum absolute atomic E-state index is 0.975. The van der Waals surface area contributed by atoms with Crippen LogP contribution in [0.3, 0.4) is 0 Å². The molecule has 8 heavy (non-hydrogen) atoms. The van der Waals surface area contributed by atoms with Gasteiger partial charge in [0.25, 0.3) is 0 Å². The summed E-state index contributed by atoms with van der Waals surface area (Å²) in [6.45, 7) is 2.53. The standard InChI is InChI=1S/C6H11NS/c1-2-5(1)8-6-3-7-4-6/h5-7H,1-4H2. The third-order valence-corrected chi connectivity index (χ3v) is 3.23. The zero-order valence-corrected chi connectivity index (χ0v) is 5.71. The Labute approximate surface area is 54.2 Å². The molecule has 1 aliphatic carbocycles. The second-order valence-corrected chi connectivity index (χ2v) is 4.22.